The zero-order chi connectivity index (χ0) is 27.9. The number of nitrogens with one attached hydrogen (secondary N) is 1. The molecule has 1 N–H and O–H groups in total. The molecule has 0 fully saturated rings. The molecule has 0 spiro atoms. The summed E-state index contributed by atoms with van der Waals surface area (Å²) in [5, 5.41) is 2.82. The summed E-state index contributed by atoms with van der Waals surface area (Å²) < 4.78 is 0. The van der Waals surface area contributed by atoms with Crippen LogP contribution in [0.2, 0.25) is 0 Å². The Kier molecular flexibility index (Phi) is 8.32. The number of hydrogen-bond acceptors (Lipinski definition) is 6. The van der Waals surface area contributed by atoms with Gasteiger partial charge in [0.15, 0.2) is 5.78 Å². The van der Waals surface area contributed by atoms with E-state index < -0.39 is 0 Å². The third-order valence-corrected chi connectivity index (χ3v) is 6.56. The Hall–Kier alpha value is -4.75. The smallest absolute Gasteiger partial charge is 0.248 e. The second kappa shape index (κ2) is 12.4. The van der Waals surface area contributed by atoms with Crippen LogP contribution in [0.25, 0.3) is 17.3 Å². The summed E-state index contributed by atoms with van der Waals surface area (Å²) in [5.41, 5.74) is 8.07. The van der Waals surface area contributed by atoms with Crippen molar-refractivity contribution in [1.29, 1.82) is 0 Å². The van der Waals surface area contributed by atoms with E-state index in [1.54, 1.807) is 36.7 Å². The minimum atomic E-state index is -0.226. The maximum Gasteiger partial charge on any atom is 0.248 e. The zero-order valence-electron chi connectivity index (χ0n) is 22.7. The van der Waals surface area contributed by atoms with Crippen LogP contribution in [0, 0.1) is 0 Å². The number of anilines is 1. The SMILES string of the molecule is CN(C)C/C=C/C(=O)Nc1cccc(C(=O)Cc2cccc(Cc3cc(-c4cnc5c(c4)C=CC5)ncn3)c2)c1. The molecular formula is C33H31N5O2. The van der Waals surface area contributed by atoms with Crippen molar-refractivity contribution < 1.29 is 9.59 Å². The number of allylic oxidation sites excluding steroid dienone is 1. The lowest BCUT2D eigenvalue weighted by Gasteiger charge is -2.08. The summed E-state index contributed by atoms with van der Waals surface area (Å²) >= 11 is 0. The monoisotopic (exact) mass is 529 g/mol. The fourth-order valence-electron chi connectivity index (χ4n) is 4.59. The number of nitrogens with zero attached hydrogens (tertiary/aromatic N) is 4. The van der Waals surface area contributed by atoms with Gasteiger partial charge in [0.05, 0.1) is 11.4 Å². The van der Waals surface area contributed by atoms with Gasteiger partial charge in [-0.15, -0.1) is 0 Å². The highest BCUT2D eigenvalue weighted by molar-refractivity contribution is 6.02. The highest BCUT2D eigenvalue weighted by Crippen LogP contribution is 2.24. The van der Waals surface area contributed by atoms with E-state index in [1.165, 1.54) is 6.08 Å². The quantitative estimate of drug-likeness (QED) is 0.225. The van der Waals surface area contributed by atoms with E-state index in [0.29, 0.717) is 24.2 Å². The molecule has 2 aromatic heterocycles. The average molecular weight is 530 g/mol. The van der Waals surface area contributed by atoms with E-state index in [2.05, 4.69) is 38.5 Å². The summed E-state index contributed by atoms with van der Waals surface area (Å²) in [5.74, 6) is -0.241. The van der Waals surface area contributed by atoms with Gasteiger partial charge in [-0.25, -0.2) is 9.97 Å². The number of Topliss-reactive ketones (excluding diaryl/α,β-unsaturated/α-hetero) is 1. The van der Waals surface area contributed by atoms with Crippen molar-refractivity contribution in [3.63, 3.8) is 0 Å². The molecule has 1 aliphatic rings. The van der Waals surface area contributed by atoms with Crippen LogP contribution in [0.3, 0.4) is 0 Å². The maximum absolute atomic E-state index is 13.1. The summed E-state index contributed by atoms with van der Waals surface area (Å²) in [6, 6.07) is 19.2. The minimum absolute atomic E-state index is 0.0149. The van der Waals surface area contributed by atoms with Crippen LogP contribution in [0.1, 0.15) is 38.4 Å². The van der Waals surface area contributed by atoms with Crippen molar-refractivity contribution in [2.45, 2.75) is 19.3 Å². The van der Waals surface area contributed by atoms with Crippen molar-refractivity contribution >= 4 is 23.5 Å². The summed E-state index contributed by atoms with van der Waals surface area (Å²) in [6.45, 7) is 0.674. The van der Waals surface area contributed by atoms with Gasteiger partial charge in [0.2, 0.25) is 5.91 Å². The Morgan fingerprint density at radius 2 is 1.82 bits per heavy atom. The largest absolute Gasteiger partial charge is 0.322 e. The van der Waals surface area contributed by atoms with Crippen molar-refractivity contribution in [2.24, 2.45) is 0 Å². The molecule has 1 amide bonds. The summed E-state index contributed by atoms with van der Waals surface area (Å²) in [4.78, 5) is 40.7. The molecule has 1 aliphatic carbocycles. The normalized spacial score (nSPS) is 12.2. The molecule has 5 rings (SSSR count). The van der Waals surface area contributed by atoms with Crippen LogP contribution >= 0.6 is 0 Å². The molecule has 7 heteroatoms. The molecule has 0 aliphatic heterocycles. The Morgan fingerprint density at radius 1 is 0.975 bits per heavy atom. The van der Waals surface area contributed by atoms with Crippen LogP contribution in [0.4, 0.5) is 5.69 Å². The zero-order valence-corrected chi connectivity index (χ0v) is 22.7. The molecule has 2 aromatic carbocycles. The Morgan fingerprint density at radius 3 is 2.70 bits per heavy atom. The molecule has 0 saturated heterocycles. The van der Waals surface area contributed by atoms with Crippen molar-refractivity contribution in [1.82, 2.24) is 19.9 Å². The molecule has 0 radical (unpaired) electrons. The predicted octanol–water partition coefficient (Wildman–Crippen LogP) is 5.18. The third-order valence-electron chi connectivity index (χ3n) is 6.56. The van der Waals surface area contributed by atoms with Gasteiger partial charge in [-0.1, -0.05) is 54.6 Å². The van der Waals surface area contributed by atoms with Gasteiger partial charge in [-0.3, -0.25) is 14.6 Å². The van der Waals surface area contributed by atoms with E-state index in [-0.39, 0.29) is 18.1 Å². The van der Waals surface area contributed by atoms with Crippen molar-refractivity contribution in [3.8, 4) is 11.3 Å². The Bertz CT molecular complexity index is 1610. The van der Waals surface area contributed by atoms with E-state index in [1.807, 2.05) is 55.5 Å². The average Bonchev–Trinajstić information content (AvgIpc) is 3.41. The molecule has 2 heterocycles. The Labute approximate surface area is 234 Å². The topological polar surface area (TPSA) is 88.1 Å². The van der Waals surface area contributed by atoms with Gasteiger partial charge >= 0.3 is 0 Å². The van der Waals surface area contributed by atoms with E-state index in [9.17, 15) is 9.59 Å². The van der Waals surface area contributed by atoms with Crippen LogP contribution < -0.4 is 5.32 Å². The van der Waals surface area contributed by atoms with Crippen LogP contribution in [0.5, 0.6) is 0 Å². The van der Waals surface area contributed by atoms with Crippen molar-refractivity contribution in [2.75, 3.05) is 26.0 Å². The lowest BCUT2D eigenvalue weighted by molar-refractivity contribution is -0.111. The van der Waals surface area contributed by atoms with Gasteiger partial charge in [0.1, 0.15) is 6.33 Å². The lowest BCUT2D eigenvalue weighted by atomic mass is 9.99. The number of carbonyl (C=O) groups is 2. The minimum Gasteiger partial charge on any atom is -0.322 e. The van der Waals surface area contributed by atoms with Gasteiger partial charge in [-0.05, 0) is 55.1 Å². The first-order valence-electron chi connectivity index (χ1n) is 13.2. The first-order chi connectivity index (χ1) is 19.4. The second-order valence-electron chi connectivity index (χ2n) is 10.1. The number of ketones is 1. The van der Waals surface area contributed by atoms with E-state index >= 15 is 0 Å². The van der Waals surface area contributed by atoms with Gasteiger partial charge in [-0.2, -0.15) is 0 Å². The van der Waals surface area contributed by atoms with Crippen LogP contribution in [0.15, 0.2) is 91.4 Å². The molecular weight excluding hydrogens is 498 g/mol. The summed E-state index contributed by atoms with van der Waals surface area (Å²) in [7, 11) is 3.87. The molecule has 40 heavy (non-hydrogen) atoms. The molecule has 200 valence electrons. The number of carbonyl (C=O) groups excluding carboxylic acids is 2. The van der Waals surface area contributed by atoms with Crippen molar-refractivity contribution in [3.05, 3.63) is 125 Å². The fourth-order valence-corrected chi connectivity index (χ4v) is 4.59. The van der Waals surface area contributed by atoms with E-state index in [4.69, 9.17) is 0 Å². The molecule has 7 nitrogen and oxygen atoms in total. The number of fused-ring (bicyclic) bond motifs is 1. The van der Waals surface area contributed by atoms with Crippen LogP contribution in [-0.4, -0.2) is 52.2 Å². The standard InChI is InChI=1S/C33H31N5O2/c1-38(2)14-6-13-33(40)37-28-11-4-10-26(19-28)32(39)17-24-8-3-7-23(15-24)16-29-20-31(36-22-35-29)27-18-25-9-5-12-30(25)34-21-27/h3-11,13,15,18-22H,12,14,16-17H2,1-2H3,(H,37,40)/b13-6+. The lowest BCUT2D eigenvalue weighted by Crippen LogP contribution is -2.13. The number of amides is 1. The number of benzene rings is 2. The molecule has 4 aromatic rings. The fraction of sp³-hybridized carbons (Fsp3) is 0.182. The van der Waals surface area contributed by atoms with Gasteiger partial charge < -0.3 is 10.2 Å². The molecule has 0 unspecified atom stereocenters. The van der Waals surface area contributed by atoms with Crippen LogP contribution in [-0.2, 0) is 24.1 Å². The first kappa shape index (κ1) is 26.8. The highest BCUT2D eigenvalue weighted by Gasteiger charge is 2.12. The highest BCUT2D eigenvalue weighted by atomic mass is 16.1. The second-order valence-corrected chi connectivity index (χ2v) is 10.1. The number of likely N-dealkylation sites (N-methyl/N-ethyl adjacent to an activating group) is 1. The number of rotatable bonds is 10. The first-order valence-corrected chi connectivity index (χ1v) is 13.2. The number of aromatic nitrogens is 3. The predicted molar refractivity (Wildman–Crippen MR) is 158 cm³/mol. The summed E-state index contributed by atoms with van der Waals surface area (Å²) in [6.07, 6.45) is 12.7. The molecule has 0 saturated carbocycles. The number of hydrogen-bond donors (Lipinski definition) is 1. The van der Waals surface area contributed by atoms with Gasteiger partial charge in [0.25, 0.3) is 0 Å². The van der Waals surface area contributed by atoms with E-state index in [0.717, 1.165) is 45.8 Å². The molecule has 0 atom stereocenters. The third kappa shape index (κ3) is 7.01. The number of pyridine rings is 1. The van der Waals surface area contributed by atoms with Gasteiger partial charge in [0, 0.05) is 60.6 Å². The Balaban J connectivity index is 1.24. The maximum atomic E-state index is 13.1. The molecule has 0 bridgehead atoms.